The molecule has 9 N–H and O–H groups in total. The Morgan fingerprint density at radius 3 is 2.42 bits per heavy atom. The van der Waals surface area contributed by atoms with Gasteiger partial charge in [0.15, 0.2) is 6.29 Å². The minimum atomic E-state index is -1.35. The van der Waals surface area contributed by atoms with E-state index in [1.54, 1.807) is 0 Å². The summed E-state index contributed by atoms with van der Waals surface area (Å²) in [5.74, 6) is -0.899. The molecule has 1 heterocycles. The third-order valence-electron chi connectivity index (χ3n) is 6.06. The first-order chi connectivity index (χ1) is 14.5. The van der Waals surface area contributed by atoms with Crippen molar-refractivity contribution < 1.29 is 34.0 Å². The zero-order valence-electron chi connectivity index (χ0n) is 18.5. The number of rotatable bonds is 7. The van der Waals surface area contributed by atoms with Crippen LogP contribution in [0.1, 0.15) is 26.7 Å². The fourth-order valence-corrected chi connectivity index (χ4v) is 4.32. The molecular weight excluding hydrogens is 410 g/mol. The molecule has 2 aliphatic rings. The molecule has 2 fully saturated rings. The lowest BCUT2D eigenvalue weighted by Crippen LogP contribution is -2.73. The Morgan fingerprint density at radius 1 is 1.26 bits per heavy atom. The molecule has 10 atom stereocenters. The maximum Gasteiger partial charge on any atom is 0.236 e. The van der Waals surface area contributed by atoms with E-state index in [1.165, 1.54) is 26.0 Å². The van der Waals surface area contributed by atoms with Crippen LogP contribution in [-0.4, -0.2) is 109 Å². The van der Waals surface area contributed by atoms with Gasteiger partial charge in [0.05, 0.1) is 30.8 Å². The van der Waals surface area contributed by atoms with Crippen LogP contribution in [0.25, 0.3) is 0 Å². The summed E-state index contributed by atoms with van der Waals surface area (Å²) in [6, 6.07) is -2.79. The SMILES string of the molecule is COC1C(O)C(NC(C)=O)C(OC2OC(C(C)N)CCC2N)C(O)C1N(C)C(=O)CN. The van der Waals surface area contributed by atoms with Gasteiger partial charge in [0.25, 0.3) is 0 Å². The van der Waals surface area contributed by atoms with Gasteiger partial charge in [-0.05, 0) is 19.8 Å². The highest BCUT2D eigenvalue weighted by Gasteiger charge is 2.54. The monoisotopic (exact) mass is 447 g/mol. The number of methoxy groups -OCH3 is 1. The normalized spacial score (nSPS) is 39.6. The minimum Gasteiger partial charge on any atom is -0.388 e. The van der Waals surface area contributed by atoms with Crippen LogP contribution in [-0.2, 0) is 23.8 Å². The number of carbonyl (C=O) groups excluding carboxylic acids is 2. The second kappa shape index (κ2) is 11.0. The lowest BCUT2D eigenvalue weighted by molar-refractivity contribution is -0.270. The van der Waals surface area contributed by atoms with Gasteiger partial charge in [-0.1, -0.05) is 0 Å². The fourth-order valence-electron chi connectivity index (χ4n) is 4.32. The van der Waals surface area contributed by atoms with Crippen LogP contribution in [0.5, 0.6) is 0 Å². The molecule has 12 nitrogen and oxygen atoms in total. The Bertz CT molecular complexity index is 624. The molecule has 1 aliphatic carbocycles. The van der Waals surface area contributed by atoms with Gasteiger partial charge in [0, 0.05) is 27.1 Å². The van der Waals surface area contributed by atoms with Crippen LogP contribution in [0.2, 0.25) is 0 Å². The number of aliphatic hydroxyl groups is 2. The average Bonchev–Trinajstić information content (AvgIpc) is 2.72. The van der Waals surface area contributed by atoms with E-state index in [-0.39, 0.29) is 18.7 Å². The largest absolute Gasteiger partial charge is 0.388 e. The number of ether oxygens (including phenoxy) is 3. The number of nitrogens with one attached hydrogen (secondary N) is 1. The molecule has 0 aromatic carbocycles. The molecule has 0 spiro atoms. The molecule has 0 bridgehead atoms. The van der Waals surface area contributed by atoms with E-state index in [9.17, 15) is 19.8 Å². The molecule has 0 aromatic heterocycles. The predicted molar refractivity (Wildman–Crippen MR) is 110 cm³/mol. The lowest BCUT2D eigenvalue weighted by atomic mass is 9.80. The van der Waals surface area contributed by atoms with E-state index in [1.807, 2.05) is 6.92 Å². The van der Waals surface area contributed by atoms with E-state index >= 15 is 0 Å². The van der Waals surface area contributed by atoms with Gasteiger partial charge in [-0.15, -0.1) is 0 Å². The molecule has 0 aromatic rings. The Labute approximate surface area is 182 Å². The number of nitrogens with zero attached hydrogens (tertiary/aromatic N) is 1. The lowest BCUT2D eigenvalue weighted by Gasteiger charge is -2.51. The van der Waals surface area contributed by atoms with Gasteiger partial charge in [-0.25, -0.2) is 0 Å². The molecule has 1 aliphatic heterocycles. The number of hydrogen-bond acceptors (Lipinski definition) is 10. The van der Waals surface area contributed by atoms with E-state index in [0.29, 0.717) is 12.8 Å². The van der Waals surface area contributed by atoms with Gasteiger partial charge < -0.3 is 51.8 Å². The van der Waals surface area contributed by atoms with E-state index in [2.05, 4.69) is 5.32 Å². The number of aliphatic hydroxyl groups excluding tert-OH is 2. The van der Waals surface area contributed by atoms with E-state index < -0.39 is 60.6 Å². The van der Waals surface area contributed by atoms with Crippen LogP contribution in [0.15, 0.2) is 0 Å². The van der Waals surface area contributed by atoms with Crippen molar-refractivity contribution in [3.05, 3.63) is 0 Å². The maximum atomic E-state index is 12.2. The Hall–Kier alpha value is -1.38. The van der Waals surface area contributed by atoms with Crippen molar-refractivity contribution in [1.82, 2.24) is 10.2 Å². The van der Waals surface area contributed by atoms with E-state index in [4.69, 9.17) is 31.4 Å². The average molecular weight is 448 g/mol. The van der Waals surface area contributed by atoms with Crippen LogP contribution < -0.4 is 22.5 Å². The molecule has 180 valence electrons. The van der Waals surface area contributed by atoms with Crippen LogP contribution in [0.3, 0.4) is 0 Å². The summed E-state index contributed by atoms with van der Waals surface area (Å²) in [5, 5.41) is 24.8. The Balaban J connectivity index is 2.36. The summed E-state index contributed by atoms with van der Waals surface area (Å²) >= 11 is 0. The zero-order valence-corrected chi connectivity index (χ0v) is 18.5. The van der Waals surface area contributed by atoms with Crippen LogP contribution in [0.4, 0.5) is 0 Å². The van der Waals surface area contributed by atoms with Crippen LogP contribution in [0, 0.1) is 0 Å². The second-order valence-corrected chi connectivity index (χ2v) is 8.35. The van der Waals surface area contributed by atoms with Gasteiger partial charge in [0.2, 0.25) is 11.8 Å². The van der Waals surface area contributed by atoms with Gasteiger partial charge in [-0.2, -0.15) is 0 Å². The summed E-state index contributed by atoms with van der Waals surface area (Å²) in [6.07, 6.45) is -4.78. The first-order valence-electron chi connectivity index (χ1n) is 10.5. The zero-order chi connectivity index (χ0) is 23.5. The number of nitrogens with two attached hydrogens (primary N) is 3. The van der Waals surface area contributed by atoms with Gasteiger partial charge in [-0.3, -0.25) is 9.59 Å². The van der Waals surface area contributed by atoms with Crippen molar-refractivity contribution in [3.8, 4) is 0 Å². The third-order valence-corrected chi connectivity index (χ3v) is 6.06. The minimum absolute atomic E-state index is 0.259. The maximum absolute atomic E-state index is 12.2. The van der Waals surface area contributed by atoms with Gasteiger partial charge in [0.1, 0.15) is 24.4 Å². The van der Waals surface area contributed by atoms with Gasteiger partial charge >= 0.3 is 0 Å². The fraction of sp³-hybridized carbons (Fsp3) is 0.895. The summed E-state index contributed by atoms with van der Waals surface area (Å²) in [6.45, 7) is 2.80. The molecule has 0 radical (unpaired) electrons. The standard InChI is InChI=1S/C19H37N5O7/c1-8(21)11-6-5-10(22)19(30-11)31-17-13(23-9(2)25)15(27)18(29-4)14(16(17)28)24(3)12(26)7-20/h8,10-11,13-19,27-28H,5-7,20-22H2,1-4H3,(H,23,25). The quantitative estimate of drug-likeness (QED) is 0.229. The molecular formula is C19H37N5O7. The topological polar surface area (TPSA) is 196 Å². The summed E-state index contributed by atoms with van der Waals surface area (Å²) in [5.41, 5.74) is 17.6. The highest BCUT2D eigenvalue weighted by molar-refractivity contribution is 5.78. The van der Waals surface area contributed by atoms with Crippen molar-refractivity contribution in [2.24, 2.45) is 17.2 Å². The smallest absolute Gasteiger partial charge is 0.236 e. The number of hydrogen-bond donors (Lipinski definition) is 6. The third kappa shape index (κ3) is 5.71. The van der Waals surface area contributed by atoms with Crippen molar-refractivity contribution in [1.29, 1.82) is 0 Å². The Kier molecular flexibility index (Phi) is 9.15. The number of carbonyl (C=O) groups is 2. The summed E-state index contributed by atoms with van der Waals surface area (Å²) in [4.78, 5) is 25.3. The Morgan fingerprint density at radius 2 is 1.90 bits per heavy atom. The molecule has 1 saturated carbocycles. The van der Waals surface area contributed by atoms with Crippen molar-refractivity contribution >= 4 is 11.8 Å². The number of likely N-dealkylation sites (N-methyl/N-ethyl adjacent to an activating group) is 1. The molecule has 2 rings (SSSR count). The first kappa shape index (κ1) is 25.9. The van der Waals surface area contributed by atoms with Crippen LogP contribution >= 0.6 is 0 Å². The van der Waals surface area contributed by atoms with E-state index in [0.717, 1.165) is 0 Å². The molecule has 2 amide bonds. The summed E-state index contributed by atoms with van der Waals surface area (Å²) < 4.78 is 17.4. The van der Waals surface area contributed by atoms with Crippen molar-refractivity contribution in [3.63, 3.8) is 0 Å². The second-order valence-electron chi connectivity index (χ2n) is 8.35. The first-order valence-corrected chi connectivity index (χ1v) is 10.5. The molecule has 31 heavy (non-hydrogen) atoms. The highest BCUT2D eigenvalue weighted by atomic mass is 16.7. The predicted octanol–water partition coefficient (Wildman–Crippen LogP) is -3.41. The molecule has 12 heteroatoms. The number of amides is 2. The molecule has 10 unspecified atom stereocenters. The summed E-state index contributed by atoms with van der Waals surface area (Å²) in [7, 11) is 2.79. The highest BCUT2D eigenvalue weighted by Crippen LogP contribution is 2.32. The van der Waals surface area contributed by atoms with Crippen molar-refractivity contribution in [2.45, 2.75) is 87.7 Å². The molecule has 1 saturated heterocycles. The van der Waals surface area contributed by atoms with Crippen molar-refractivity contribution in [2.75, 3.05) is 20.7 Å².